The summed E-state index contributed by atoms with van der Waals surface area (Å²) in [5.74, 6) is 0.969. The second kappa shape index (κ2) is 5.12. The molecule has 96 valence electrons. The van der Waals surface area contributed by atoms with Crippen LogP contribution in [0.25, 0.3) is 11.0 Å². The molecule has 18 heavy (non-hydrogen) atoms. The molecule has 2 atom stereocenters. The smallest absolute Gasteiger partial charge is 0.134 e. The maximum Gasteiger partial charge on any atom is 0.134 e. The van der Waals surface area contributed by atoms with E-state index in [0.717, 1.165) is 49.0 Å². The third kappa shape index (κ3) is 2.57. The predicted molar refractivity (Wildman–Crippen MR) is 71.3 cm³/mol. The highest BCUT2D eigenvalue weighted by Gasteiger charge is 2.19. The van der Waals surface area contributed by atoms with Gasteiger partial charge in [-0.3, -0.25) is 0 Å². The van der Waals surface area contributed by atoms with Crippen molar-refractivity contribution in [1.29, 1.82) is 0 Å². The first-order valence-corrected chi connectivity index (χ1v) is 6.70. The van der Waals surface area contributed by atoms with Gasteiger partial charge in [-0.25, -0.2) is 0 Å². The van der Waals surface area contributed by atoms with Crippen molar-refractivity contribution in [2.24, 2.45) is 0 Å². The van der Waals surface area contributed by atoms with Crippen LogP contribution in [0.5, 0.6) is 0 Å². The number of hydrogen-bond acceptors (Lipinski definition) is 3. The summed E-state index contributed by atoms with van der Waals surface area (Å²) in [6.45, 7) is 0.742. The van der Waals surface area contributed by atoms with Crippen molar-refractivity contribution in [1.82, 2.24) is 5.32 Å². The largest absolute Gasteiger partial charge is 0.460 e. The van der Waals surface area contributed by atoms with Gasteiger partial charge in [-0.2, -0.15) is 0 Å². The molecule has 0 saturated heterocycles. The van der Waals surface area contributed by atoms with Crippen molar-refractivity contribution in [2.75, 3.05) is 0 Å². The normalized spacial score (nSPS) is 24.5. The van der Waals surface area contributed by atoms with E-state index in [1.807, 2.05) is 18.2 Å². The summed E-state index contributed by atoms with van der Waals surface area (Å²) < 4.78 is 5.76. The number of fused-ring (bicyclic) bond motifs is 1. The van der Waals surface area contributed by atoms with Gasteiger partial charge in [0.05, 0.1) is 12.6 Å². The van der Waals surface area contributed by atoms with Crippen molar-refractivity contribution < 1.29 is 9.52 Å². The highest BCUT2D eigenvalue weighted by molar-refractivity contribution is 5.77. The van der Waals surface area contributed by atoms with Gasteiger partial charge in [-0.1, -0.05) is 18.2 Å². The number of rotatable bonds is 3. The van der Waals surface area contributed by atoms with E-state index in [2.05, 4.69) is 17.4 Å². The Morgan fingerprint density at radius 3 is 3.00 bits per heavy atom. The molecule has 1 aliphatic rings. The molecular weight excluding hydrogens is 226 g/mol. The van der Waals surface area contributed by atoms with E-state index in [9.17, 15) is 5.11 Å². The number of aliphatic hydroxyl groups is 1. The summed E-state index contributed by atoms with van der Waals surface area (Å²) in [5.41, 5.74) is 0.943. The topological polar surface area (TPSA) is 45.4 Å². The molecule has 0 bridgehead atoms. The Hall–Kier alpha value is -1.32. The zero-order valence-electron chi connectivity index (χ0n) is 10.4. The van der Waals surface area contributed by atoms with E-state index < -0.39 is 0 Å². The van der Waals surface area contributed by atoms with Gasteiger partial charge in [0, 0.05) is 11.4 Å². The highest BCUT2D eigenvalue weighted by Crippen LogP contribution is 2.21. The number of hydrogen-bond donors (Lipinski definition) is 2. The van der Waals surface area contributed by atoms with Gasteiger partial charge in [0.15, 0.2) is 0 Å². The lowest BCUT2D eigenvalue weighted by Gasteiger charge is -2.26. The van der Waals surface area contributed by atoms with Crippen LogP contribution in [0.4, 0.5) is 0 Å². The molecule has 0 spiro atoms. The second-order valence-corrected chi connectivity index (χ2v) is 5.15. The Labute approximate surface area is 107 Å². The Morgan fingerprint density at radius 2 is 2.17 bits per heavy atom. The van der Waals surface area contributed by atoms with Crippen LogP contribution in [-0.4, -0.2) is 17.3 Å². The average molecular weight is 245 g/mol. The number of benzene rings is 1. The van der Waals surface area contributed by atoms with Gasteiger partial charge in [-0.15, -0.1) is 0 Å². The lowest BCUT2D eigenvalue weighted by molar-refractivity contribution is 0.111. The van der Waals surface area contributed by atoms with Crippen LogP contribution in [0.1, 0.15) is 31.4 Å². The lowest BCUT2D eigenvalue weighted by atomic mass is 9.93. The molecule has 3 heteroatoms. The quantitative estimate of drug-likeness (QED) is 0.874. The fourth-order valence-corrected chi connectivity index (χ4v) is 2.72. The maximum atomic E-state index is 9.63. The fraction of sp³-hybridized carbons (Fsp3) is 0.467. The SMILES string of the molecule is OC1CCCC(NCc2cc3ccccc3o2)C1. The Balaban J connectivity index is 1.62. The van der Waals surface area contributed by atoms with E-state index in [-0.39, 0.29) is 6.10 Å². The van der Waals surface area contributed by atoms with Crippen LogP contribution in [0.15, 0.2) is 34.7 Å². The Morgan fingerprint density at radius 1 is 1.28 bits per heavy atom. The van der Waals surface area contributed by atoms with Crippen molar-refractivity contribution >= 4 is 11.0 Å². The first kappa shape index (κ1) is 11.8. The fourth-order valence-electron chi connectivity index (χ4n) is 2.72. The van der Waals surface area contributed by atoms with Gasteiger partial charge in [0.25, 0.3) is 0 Å². The minimum atomic E-state index is -0.132. The molecule has 1 saturated carbocycles. The number of aliphatic hydroxyl groups excluding tert-OH is 1. The molecular formula is C15H19NO2. The first-order chi connectivity index (χ1) is 8.81. The average Bonchev–Trinajstić information content (AvgIpc) is 2.79. The van der Waals surface area contributed by atoms with Gasteiger partial charge >= 0.3 is 0 Å². The molecule has 2 N–H and O–H groups in total. The van der Waals surface area contributed by atoms with Crippen LogP contribution >= 0.6 is 0 Å². The summed E-state index contributed by atoms with van der Waals surface area (Å²) in [6.07, 6.45) is 3.94. The third-order valence-corrected chi connectivity index (χ3v) is 3.69. The van der Waals surface area contributed by atoms with Crippen LogP contribution in [0.3, 0.4) is 0 Å². The van der Waals surface area contributed by atoms with Crippen LogP contribution in [-0.2, 0) is 6.54 Å². The highest BCUT2D eigenvalue weighted by atomic mass is 16.3. The van der Waals surface area contributed by atoms with Crippen molar-refractivity contribution in [3.63, 3.8) is 0 Å². The van der Waals surface area contributed by atoms with Crippen LogP contribution < -0.4 is 5.32 Å². The maximum absolute atomic E-state index is 9.63. The molecule has 1 fully saturated rings. The molecule has 3 rings (SSSR count). The van der Waals surface area contributed by atoms with Crippen molar-refractivity contribution in [3.05, 3.63) is 36.1 Å². The van der Waals surface area contributed by atoms with Gasteiger partial charge < -0.3 is 14.8 Å². The third-order valence-electron chi connectivity index (χ3n) is 3.69. The van der Waals surface area contributed by atoms with Gasteiger partial charge in [0.1, 0.15) is 11.3 Å². The molecule has 0 radical (unpaired) electrons. The van der Waals surface area contributed by atoms with E-state index in [4.69, 9.17) is 4.42 Å². The molecule has 1 heterocycles. The number of para-hydroxylation sites is 1. The molecule has 3 nitrogen and oxygen atoms in total. The van der Waals surface area contributed by atoms with E-state index in [1.165, 1.54) is 0 Å². The minimum absolute atomic E-state index is 0.132. The summed E-state index contributed by atoms with van der Waals surface area (Å²) in [6, 6.07) is 10.6. The summed E-state index contributed by atoms with van der Waals surface area (Å²) in [7, 11) is 0. The number of furan rings is 1. The summed E-state index contributed by atoms with van der Waals surface area (Å²) in [4.78, 5) is 0. The van der Waals surface area contributed by atoms with E-state index in [1.54, 1.807) is 0 Å². The van der Waals surface area contributed by atoms with E-state index >= 15 is 0 Å². The minimum Gasteiger partial charge on any atom is -0.460 e. The molecule has 1 aromatic carbocycles. The van der Waals surface area contributed by atoms with Crippen LogP contribution in [0.2, 0.25) is 0 Å². The summed E-state index contributed by atoms with van der Waals surface area (Å²) in [5, 5.41) is 14.3. The standard InChI is InChI=1S/C15H19NO2/c17-13-6-3-5-12(9-13)16-10-14-8-11-4-1-2-7-15(11)18-14/h1-2,4,7-8,12-13,16-17H,3,5-6,9-10H2. The van der Waals surface area contributed by atoms with Gasteiger partial charge in [0.2, 0.25) is 0 Å². The predicted octanol–water partition coefficient (Wildman–Crippen LogP) is 2.83. The van der Waals surface area contributed by atoms with Crippen molar-refractivity contribution in [3.8, 4) is 0 Å². The van der Waals surface area contributed by atoms with Crippen LogP contribution in [0, 0.1) is 0 Å². The molecule has 1 aliphatic carbocycles. The zero-order chi connectivity index (χ0) is 12.4. The Bertz CT molecular complexity index is 487. The second-order valence-electron chi connectivity index (χ2n) is 5.15. The monoisotopic (exact) mass is 245 g/mol. The van der Waals surface area contributed by atoms with Gasteiger partial charge in [-0.05, 0) is 37.8 Å². The molecule has 0 aliphatic heterocycles. The summed E-state index contributed by atoms with van der Waals surface area (Å²) >= 11 is 0. The zero-order valence-corrected chi connectivity index (χ0v) is 10.4. The van der Waals surface area contributed by atoms with Crippen molar-refractivity contribution in [2.45, 2.75) is 44.4 Å². The molecule has 0 amide bonds. The molecule has 2 unspecified atom stereocenters. The number of nitrogens with one attached hydrogen (secondary N) is 1. The first-order valence-electron chi connectivity index (χ1n) is 6.70. The van der Waals surface area contributed by atoms with E-state index in [0.29, 0.717) is 6.04 Å². The lowest BCUT2D eigenvalue weighted by Crippen LogP contribution is -2.35. The molecule has 1 aromatic heterocycles. The Kier molecular flexibility index (Phi) is 3.35. The molecule has 2 aromatic rings.